The van der Waals surface area contributed by atoms with Crippen molar-refractivity contribution in [3.63, 3.8) is 0 Å². The van der Waals surface area contributed by atoms with Crippen molar-refractivity contribution in [2.45, 2.75) is 25.3 Å². The normalized spacial score (nSPS) is 17.0. The number of halogens is 1. The van der Waals surface area contributed by atoms with E-state index < -0.39 is 0 Å². The summed E-state index contributed by atoms with van der Waals surface area (Å²) in [5, 5.41) is 0.494. The topological polar surface area (TPSA) is 38.1 Å². The van der Waals surface area contributed by atoms with Gasteiger partial charge in [0.05, 0.1) is 16.2 Å². The number of aryl methyl sites for hydroxylation is 1. The van der Waals surface area contributed by atoms with Gasteiger partial charge in [0.15, 0.2) is 0 Å². The lowest BCUT2D eigenvalue weighted by molar-refractivity contribution is 0.0705. The van der Waals surface area contributed by atoms with Crippen LogP contribution in [0.2, 0.25) is 5.02 Å². The summed E-state index contributed by atoms with van der Waals surface area (Å²) < 4.78 is 1.94. The van der Waals surface area contributed by atoms with Crippen LogP contribution in [0, 0.1) is 6.92 Å². The molecule has 0 radical (unpaired) electrons. The summed E-state index contributed by atoms with van der Waals surface area (Å²) in [5.41, 5.74) is 5.73. The van der Waals surface area contributed by atoms with Gasteiger partial charge in [-0.25, -0.2) is 0 Å². The molecule has 26 heavy (non-hydrogen) atoms. The molecule has 3 heterocycles. The fourth-order valence-electron chi connectivity index (χ4n) is 4.15. The van der Waals surface area contributed by atoms with Crippen LogP contribution in [0.15, 0.2) is 48.8 Å². The predicted octanol–water partition coefficient (Wildman–Crippen LogP) is 4.58. The number of fused-ring (bicyclic) bond motifs is 4. The number of pyridine rings is 1. The summed E-state index contributed by atoms with van der Waals surface area (Å²) in [6, 6.07) is 12.3. The molecule has 0 bridgehead atoms. The van der Waals surface area contributed by atoms with Crippen molar-refractivity contribution in [3.05, 3.63) is 70.8 Å². The summed E-state index contributed by atoms with van der Waals surface area (Å²) >= 11 is 6.37. The van der Waals surface area contributed by atoms with E-state index in [9.17, 15) is 4.79 Å². The number of benzene rings is 1. The number of aromatic nitrogens is 2. The van der Waals surface area contributed by atoms with Crippen molar-refractivity contribution < 1.29 is 4.79 Å². The molecule has 130 valence electrons. The minimum Gasteiger partial charge on any atom is -0.331 e. The van der Waals surface area contributed by atoms with Crippen LogP contribution in [0.1, 0.15) is 34.6 Å². The molecule has 5 heteroatoms. The van der Waals surface area contributed by atoms with E-state index in [1.165, 1.54) is 5.56 Å². The van der Waals surface area contributed by atoms with Gasteiger partial charge in [0.2, 0.25) is 0 Å². The summed E-state index contributed by atoms with van der Waals surface area (Å²) in [5.74, 6) is -0.0205. The third kappa shape index (κ3) is 1.96. The van der Waals surface area contributed by atoms with E-state index in [1.807, 2.05) is 35.7 Å². The summed E-state index contributed by atoms with van der Waals surface area (Å²) in [6.45, 7) is 2.01. The Morgan fingerprint density at radius 1 is 1.19 bits per heavy atom. The van der Waals surface area contributed by atoms with Gasteiger partial charge >= 0.3 is 0 Å². The van der Waals surface area contributed by atoms with Gasteiger partial charge in [0, 0.05) is 36.3 Å². The van der Waals surface area contributed by atoms with Crippen LogP contribution in [0.25, 0.3) is 16.8 Å². The molecule has 1 aliphatic carbocycles. The highest BCUT2D eigenvalue weighted by Crippen LogP contribution is 2.54. The zero-order valence-corrected chi connectivity index (χ0v) is 15.4. The number of amides is 1. The van der Waals surface area contributed by atoms with E-state index in [1.54, 1.807) is 12.3 Å². The molecule has 1 spiro atoms. The number of carbonyl (C=O) groups excluding carboxylic acids is 1. The monoisotopic (exact) mass is 363 g/mol. The van der Waals surface area contributed by atoms with Crippen LogP contribution in [-0.2, 0) is 5.54 Å². The molecule has 2 aliphatic rings. The number of carbonyl (C=O) groups is 1. The van der Waals surface area contributed by atoms with Crippen molar-refractivity contribution in [2.75, 3.05) is 7.05 Å². The molecule has 2 aromatic heterocycles. The standard InChI is InChI=1S/C21H18ClN3O/c1-13-15(4-3-10-23-13)14-5-6-16-18(12-14)25-11-7-17(22)19(25)20(26)24(2)21(16)8-9-21/h3-7,10-12H,8-9H2,1-2H3. The molecular formula is C21H18ClN3O. The van der Waals surface area contributed by atoms with E-state index >= 15 is 0 Å². The molecule has 1 amide bonds. The van der Waals surface area contributed by atoms with Crippen molar-refractivity contribution in [2.24, 2.45) is 0 Å². The molecule has 3 aromatic rings. The Hall–Kier alpha value is -2.59. The second kappa shape index (κ2) is 5.21. The maximum Gasteiger partial charge on any atom is 0.272 e. The maximum absolute atomic E-state index is 13.1. The number of nitrogens with zero attached hydrogens (tertiary/aromatic N) is 3. The van der Waals surface area contributed by atoms with Crippen LogP contribution < -0.4 is 0 Å². The maximum atomic E-state index is 13.1. The van der Waals surface area contributed by atoms with Gasteiger partial charge in [0.1, 0.15) is 5.69 Å². The Morgan fingerprint density at radius 3 is 2.73 bits per heavy atom. The predicted molar refractivity (Wildman–Crippen MR) is 102 cm³/mol. The number of rotatable bonds is 1. The Morgan fingerprint density at radius 2 is 2.00 bits per heavy atom. The fraction of sp³-hybridized carbons (Fsp3) is 0.238. The molecule has 1 saturated carbocycles. The van der Waals surface area contributed by atoms with Crippen LogP contribution in [0.5, 0.6) is 0 Å². The number of hydrogen-bond donors (Lipinski definition) is 0. The van der Waals surface area contributed by atoms with E-state index in [0.717, 1.165) is 35.3 Å². The van der Waals surface area contributed by atoms with Gasteiger partial charge in [-0.3, -0.25) is 9.78 Å². The average Bonchev–Trinajstić information content (AvgIpc) is 3.37. The van der Waals surface area contributed by atoms with Gasteiger partial charge in [-0.15, -0.1) is 0 Å². The molecule has 1 aliphatic heterocycles. The molecule has 1 fully saturated rings. The first-order valence-corrected chi connectivity index (χ1v) is 9.13. The fourth-order valence-corrected chi connectivity index (χ4v) is 4.38. The molecule has 0 saturated heterocycles. The summed E-state index contributed by atoms with van der Waals surface area (Å²) in [6.07, 6.45) is 5.66. The first-order chi connectivity index (χ1) is 12.5. The second-order valence-electron chi connectivity index (χ2n) is 7.15. The third-order valence-corrected chi connectivity index (χ3v) is 6.09. The largest absolute Gasteiger partial charge is 0.331 e. The molecule has 0 N–H and O–H groups in total. The van der Waals surface area contributed by atoms with E-state index in [4.69, 9.17) is 11.6 Å². The zero-order valence-electron chi connectivity index (χ0n) is 14.7. The third-order valence-electron chi connectivity index (χ3n) is 5.79. The van der Waals surface area contributed by atoms with Crippen molar-refractivity contribution >= 4 is 17.5 Å². The lowest BCUT2D eigenvalue weighted by atomic mass is 9.96. The minimum atomic E-state index is -0.211. The van der Waals surface area contributed by atoms with E-state index in [2.05, 4.69) is 29.2 Å². The van der Waals surface area contributed by atoms with Crippen molar-refractivity contribution in [1.82, 2.24) is 14.5 Å². The van der Waals surface area contributed by atoms with Crippen molar-refractivity contribution in [3.8, 4) is 16.8 Å². The molecule has 5 rings (SSSR count). The van der Waals surface area contributed by atoms with Gasteiger partial charge in [-0.2, -0.15) is 0 Å². The van der Waals surface area contributed by atoms with E-state index in [-0.39, 0.29) is 11.4 Å². The lowest BCUT2D eigenvalue weighted by Gasteiger charge is -2.27. The molecule has 0 unspecified atom stereocenters. The summed E-state index contributed by atoms with van der Waals surface area (Å²) in [4.78, 5) is 19.3. The Kier molecular flexibility index (Phi) is 3.13. The molecule has 0 atom stereocenters. The van der Waals surface area contributed by atoms with Crippen LogP contribution in [-0.4, -0.2) is 27.4 Å². The second-order valence-corrected chi connectivity index (χ2v) is 7.55. The first kappa shape index (κ1) is 15.6. The average molecular weight is 364 g/mol. The Balaban J connectivity index is 1.80. The smallest absolute Gasteiger partial charge is 0.272 e. The van der Waals surface area contributed by atoms with Crippen LogP contribution in [0.4, 0.5) is 0 Å². The van der Waals surface area contributed by atoms with Gasteiger partial charge in [0.25, 0.3) is 5.91 Å². The lowest BCUT2D eigenvalue weighted by Crippen LogP contribution is -2.36. The minimum absolute atomic E-state index is 0.0205. The highest BCUT2D eigenvalue weighted by molar-refractivity contribution is 6.33. The van der Waals surface area contributed by atoms with Crippen LogP contribution >= 0.6 is 11.6 Å². The molecule has 1 aromatic carbocycles. The van der Waals surface area contributed by atoms with Gasteiger partial charge < -0.3 is 9.47 Å². The zero-order chi connectivity index (χ0) is 18.1. The van der Waals surface area contributed by atoms with Gasteiger partial charge in [-0.05, 0) is 43.5 Å². The Bertz CT molecular complexity index is 1060. The van der Waals surface area contributed by atoms with E-state index in [0.29, 0.717) is 10.7 Å². The first-order valence-electron chi connectivity index (χ1n) is 8.75. The molecule has 4 nitrogen and oxygen atoms in total. The van der Waals surface area contributed by atoms with Crippen molar-refractivity contribution in [1.29, 1.82) is 0 Å². The highest BCUT2D eigenvalue weighted by atomic mass is 35.5. The highest BCUT2D eigenvalue weighted by Gasteiger charge is 2.53. The van der Waals surface area contributed by atoms with Gasteiger partial charge in [-0.1, -0.05) is 29.8 Å². The SMILES string of the molecule is Cc1ncccc1-c1ccc2c(c1)-n1ccc(Cl)c1C(=O)N(C)C21CC1. The quantitative estimate of drug-likeness (QED) is 0.635. The summed E-state index contributed by atoms with van der Waals surface area (Å²) in [7, 11) is 1.89. The van der Waals surface area contributed by atoms with Crippen LogP contribution in [0.3, 0.4) is 0 Å². The Labute approximate surface area is 157 Å². The molecular weight excluding hydrogens is 346 g/mol. The number of hydrogen-bond acceptors (Lipinski definition) is 2.